The third kappa shape index (κ3) is 8.01. The van der Waals surface area contributed by atoms with Gasteiger partial charge in [-0.15, -0.1) is 0 Å². The number of hydrogen-bond acceptors (Lipinski definition) is 8. The van der Waals surface area contributed by atoms with Crippen LogP contribution in [0.25, 0.3) is 0 Å². The molecule has 0 saturated heterocycles. The molecule has 0 saturated carbocycles. The minimum absolute atomic E-state index is 0.0835. The lowest BCUT2D eigenvalue weighted by Gasteiger charge is -2.17. The number of carbonyl (C=O) groups excluding carboxylic acids is 1. The smallest absolute Gasteiger partial charge is 0.279 e. The molecule has 0 aliphatic heterocycles. The first-order valence-corrected chi connectivity index (χ1v) is 12.2. The number of pyridine rings is 1. The zero-order valence-electron chi connectivity index (χ0n) is 21.3. The van der Waals surface area contributed by atoms with E-state index in [1.807, 2.05) is 26.0 Å². The van der Waals surface area contributed by atoms with Crippen LogP contribution in [-0.2, 0) is 11.3 Å². The number of aromatic nitrogens is 3. The van der Waals surface area contributed by atoms with Gasteiger partial charge in [0.15, 0.2) is 0 Å². The van der Waals surface area contributed by atoms with E-state index in [-0.39, 0.29) is 18.2 Å². The molecule has 2 aromatic heterocycles. The Hall–Kier alpha value is -3.99. The predicted molar refractivity (Wildman–Crippen MR) is 147 cm³/mol. The van der Waals surface area contributed by atoms with Crippen LogP contribution in [0.1, 0.15) is 19.5 Å². The molecule has 3 aromatic rings. The van der Waals surface area contributed by atoms with E-state index in [1.165, 1.54) is 10.8 Å². The largest absolute Gasteiger partial charge is 0.456 e. The monoisotopic (exact) mass is 539 g/mol. The van der Waals surface area contributed by atoms with Crippen LogP contribution in [0.5, 0.6) is 11.5 Å². The molecule has 0 spiro atoms. The summed E-state index contributed by atoms with van der Waals surface area (Å²) in [5.41, 5.74) is 1.74. The van der Waals surface area contributed by atoms with Gasteiger partial charge >= 0.3 is 0 Å². The highest BCUT2D eigenvalue weighted by atomic mass is 35.5. The van der Waals surface area contributed by atoms with E-state index in [9.17, 15) is 19.8 Å². The van der Waals surface area contributed by atoms with Crippen molar-refractivity contribution in [1.29, 1.82) is 0 Å². The molecule has 200 valence electrons. The van der Waals surface area contributed by atoms with Gasteiger partial charge < -0.3 is 25.6 Å². The van der Waals surface area contributed by atoms with Gasteiger partial charge in [0.25, 0.3) is 5.56 Å². The van der Waals surface area contributed by atoms with Gasteiger partial charge in [-0.25, -0.2) is 4.98 Å². The van der Waals surface area contributed by atoms with Crippen molar-refractivity contribution in [2.45, 2.75) is 27.3 Å². The van der Waals surface area contributed by atoms with Gasteiger partial charge in [0.2, 0.25) is 11.9 Å². The minimum Gasteiger partial charge on any atom is -0.456 e. The average molecular weight is 540 g/mol. The van der Waals surface area contributed by atoms with Crippen LogP contribution in [0.4, 0.5) is 17.3 Å². The molecular formula is C27H30ClN5O5. The first-order valence-electron chi connectivity index (χ1n) is 11.8. The highest BCUT2D eigenvalue weighted by molar-refractivity contribution is 6.29. The maximum atomic E-state index is 13.3. The summed E-state index contributed by atoms with van der Waals surface area (Å²) in [6.07, 6.45) is 6.37. The molecule has 10 nitrogen and oxygen atoms in total. The molecule has 0 aliphatic rings. The van der Waals surface area contributed by atoms with E-state index >= 15 is 0 Å². The molecule has 0 fully saturated rings. The highest BCUT2D eigenvalue weighted by Gasteiger charge is 2.19. The van der Waals surface area contributed by atoms with Crippen LogP contribution in [-0.4, -0.2) is 43.9 Å². The van der Waals surface area contributed by atoms with E-state index in [1.54, 1.807) is 49.5 Å². The van der Waals surface area contributed by atoms with Gasteiger partial charge in [-0.2, -0.15) is 0 Å². The fourth-order valence-electron chi connectivity index (χ4n) is 3.23. The number of amides is 1. The molecule has 0 radical (unpaired) electrons. The summed E-state index contributed by atoms with van der Waals surface area (Å²) >= 11 is 5.93. The first-order chi connectivity index (χ1) is 18.2. The van der Waals surface area contributed by atoms with Gasteiger partial charge in [-0.1, -0.05) is 23.3 Å². The molecule has 0 unspecified atom stereocenters. The second-order valence-electron chi connectivity index (χ2n) is 8.59. The molecule has 0 bridgehead atoms. The number of benzene rings is 1. The number of allylic oxidation sites excluding steroid dienone is 4. The number of halogens is 1. The fourth-order valence-corrected chi connectivity index (χ4v) is 3.29. The normalized spacial score (nSPS) is 12.0. The number of rotatable bonds is 11. The molecule has 1 aromatic carbocycles. The van der Waals surface area contributed by atoms with Gasteiger partial charge in [0.05, 0.1) is 38.1 Å². The molecule has 3 rings (SSSR count). The Kier molecular flexibility index (Phi) is 10.2. The van der Waals surface area contributed by atoms with E-state index in [0.717, 1.165) is 11.3 Å². The van der Waals surface area contributed by atoms with Crippen LogP contribution in [0.2, 0.25) is 0 Å². The van der Waals surface area contributed by atoms with Crippen molar-refractivity contribution in [3.8, 4) is 11.5 Å². The predicted octanol–water partition coefficient (Wildman–Crippen LogP) is 4.11. The van der Waals surface area contributed by atoms with Gasteiger partial charge in [0, 0.05) is 16.4 Å². The second kappa shape index (κ2) is 13.5. The summed E-state index contributed by atoms with van der Waals surface area (Å²) in [6, 6.07) is 10.8. The van der Waals surface area contributed by atoms with Crippen molar-refractivity contribution >= 4 is 34.8 Å². The lowest BCUT2D eigenvalue weighted by molar-refractivity contribution is -0.122. The highest BCUT2D eigenvalue weighted by Crippen LogP contribution is 2.24. The molecular weight excluding hydrogens is 510 g/mol. The lowest BCUT2D eigenvalue weighted by atomic mass is 10.1. The molecule has 2 heterocycles. The van der Waals surface area contributed by atoms with Crippen LogP contribution in [0.15, 0.2) is 76.3 Å². The molecule has 0 atom stereocenters. The SMILES string of the molecule is C/C(Cl)=C\C=C(/C)Cn1c(Nc2ccc(Oc3ccc(C)nc3)cc2)ncc(NC(=O)C(CO)CO)c1=O. The van der Waals surface area contributed by atoms with Crippen LogP contribution < -0.4 is 20.9 Å². The molecule has 0 aliphatic carbocycles. The zero-order chi connectivity index (χ0) is 27.7. The summed E-state index contributed by atoms with van der Waals surface area (Å²) in [5, 5.41) is 24.7. The summed E-state index contributed by atoms with van der Waals surface area (Å²) in [7, 11) is 0. The Morgan fingerprint density at radius 2 is 1.74 bits per heavy atom. The van der Waals surface area contributed by atoms with E-state index in [2.05, 4.69) is 20.6 Å². The van der Waals surface area contributed by atoms with Crippen molar-refractivity contribution in [1.82, 2.24) is 14.5 Å². The van der Waals surface area contributed by atoms with Gasteiger partial charge in [0.1, 0.15) is 17.2 Å². The molecule has 4 N–H and O–H groups in total. The quantitative estimate of drug-likeness (QED) is 0.267. The van der Waals surface area contributed by atoms with Crippen molar-refractivity contribution in [3.05, 3.63) is 87.6 Å². The fraction of sp³-hybridized carbons (Fsp3) is 0.259. The van der Waals surface area contributed by atoms with Crippen molar-refractivity contribution in [2.24, 2.45) is 5.92 Å². The summed E-state index contributed by atoms with van der Waals surface area (Å²) < 4.78 is 7.18. The second-order valence-corrected chi connectivity index (χ2v) is 9.19. The number of aliphatic hydroxyl groups is 2. The average Bonchev–Trinajstić information content (AvgIpc) is 2.89. The van der Waals surface area contributed by atoms with Crippen molar-refractivity contribution in [2.75, 3.05) is 23.8 Å². The number of nitrogens with zero attached hydrogens (tertiary/aromatic N) is 3. The Morgan fingerprint density at radius 1 is 1.05 bits per heavy atom. The molecule has 1 amide bonds. The first kappa shape index (κ1) is 28.6. The molecule has 38 heavy (non-hydrogen) atoms. The van der Waals surface area contributed by atoms with Gasteiger partial charge in [-0.3, -0.25) is 19.1 Å². The van der Waals surface area contributed by atoms with Crippen LogP contribution in [0.3, 0.4) is 0 Å². The lowest BCUT2D eigenvalue weighted by Crippen LogP contribution is -2.33. The maximum Gasteiger partial charge on any atom is 0.279 e. The number of ether oxygens (including phenoxy) is 1. The standard InChI is InChI=1S/C27H30ClN5O5/c1-17(4-5-18(2)28)14-33-26(37)24(32-25(36)20(15-34)16-35)13-30-27(33)31-21-7-10-22(11-8-21)38-23-9-6-19(3)29-12-23/h4-13,20,34-35H,14-16H2,1-3H3,(H,30,31)(H,32,36)/b17-4+,18-5+. The number of carbonyl (C=O) groups is 1. The van der Waals surface area contributed by atoms with Crippen LogP contribution in [0, 0.1) is 12.8 Å². The number of aryl methyl sites for hydroxylation is 1. The maximum absolute atomic E-state index is 13.3. The Balaban J connectivity index is 1.88. The summed E-state index contributed by atoms with van der Waals surface area (Å²) in [4.78, 5) is 34.2. The zero-order valence-corrected chi connectivity index (χ0v) is 22.1. The van der Waals surface area contributed by atoms with Gasteiger partial charge in [-0.05, 0) is 63.2 Å². The van der Waals surface area contributed by atoms with E-state index < -0.39 is 30.6 Å². The van der Waals surface area contributed by atoms with Crippen molar-refractivity contribution < 1.29 is 19.7 Å². The number of nitrogens with one attached hydrogen (secondary N) is 2. The van der Waals surface area contributed by atoms with E-state index in [0.29, 0.717) is 22.2 Å². The number of hydrogen-bond donors (Lipinski definition) is 4. The summed E-state index contributed by atoms with van der Waals surface area (Å²) in [6.45, 7) is 4.50. The Morgan fingerprint density at radius 3 is 2.34 bits per heavy atom. The number of aliphatic hydroxyl groups excluding tert-OH is 2. The third-order valence-corrected chi connectivity index (χ3v) is 5.48. The third-order valence-electron chi connectivity index (χ3n) is 5.35. The Labute approximate surface area is 225 Å². The minimum atomic E-state index is -1.06. The van der Waals surface area contributed by atoms with Crippen LogP contribution >= 0.6 is 11.6 Å². The number of anilines is 3. The topological polar surface area (TPSA) is 139 Å². The molecule has 11 heteroatoms. The van der Waals surface area contributed by atoms with Crippen molar-refractivity contribution in [3.63, 3.8) is 0 Å². The van der Waals surface area contributed by atoms with E-state index in [4.69, 9.17) is 16.3 Å². The summed E-state index contributed by atoms with van der Waals surface area (Å²) in [5.74, 6) is -0.292. The Bertz CT molecular complexity index is 1360.